The molecule has 10 nitrogen and oxygen atoms in total. The minimum Gasteiger partial charge on any atom is -0.452 e. The van der Waals surface area contributed by atoms with Crippen LogP contribution in [0.4, 0.5) is 11.5 Å². The first-order chi connectivity index (χ1) is 15.9. The summed E-state index contributed by atoms with van der Waals surface area (Å²) in [5.74, 6) is -1.11. The molecule has 2 heterocycles. The van der Waals surface area contributed by atoms with Crippen molar-refractivity contribution in [1.29, 1.82) is 0 Å². The molecule has 2 aromatic heterocycles. The molecule has 0 saturated carbocycles. The van der Waals surface area contributed by atoms with Gasteiger partial charge in [0, 0.05) is 24.3 Å². The Balaban J connectivity index is 1.35. The predicted octanol–water partition coefficient (Wildman–Crippen LogP) is 2.62. The van der Waals surface area contributed by atoms with Crippen molar-refractivity contribution in [2.24, 2.45) is 0 Å². The molecule has 0 spiro atoms. The average molecular weight is 463 g/mol. The summed E-state index contributed by atoms with van der Waals surface area (Å²) in [6, 6.07) is 15.3. The zero-order valence-corrected chi connectivity index (χ0v) is 17.8. The number of carbonyl (C=O) groups excluding carboxylic acids is 2. The largest absolute Gasteiger partial charge is 0.452 e. The normalized spacial score (nSPS) is 11.0. The van der Waals surface area contributed by atoms with Gasteiger partial charge in [-0.05, 0) is 48.5 Å². The monoisotopic (exact) mass is 463 g/mol. The summed E-state index contributed by atoms with van der Waals surface area (Å²) in [7, 11) is -3.83. The fourth-order valence-electron chi connectivity index (χ4n) is 2.90. The Kier molecular flexibility index (Phi) is 6.22. The molecule has 1 amide bonds. The number of esters is 1. The number of pyridine rings is 1. The van der Waals surface area contributed by atoms with E-state index in [4.69, 9.17) is 4.74 Å². The van der Waals surface area contributed by atoms with Gasteiger partial charge in [-0.2, -0.15) is 0 Å². The molecule has 0 aliphatic heterocycles. The van der Waals surface area contributed by atoms with Gasteiger partial charge < -0.3 is 10.1 Å². The molecule has 166 valence electrons. The maximum atomic E-state index is 12.4. The number of benzene rings is 2. The van der Waals surface area contributed by atoms with E-state index in [-0.39, 0.29) is 16.3 Å². The standard InChI is InChI=1S/C22H17N5O5S/c28-20(14-32-22(29)17-4-3-5-18-21(17)25-13-12-23-18)26-15-7-9-16(10-8-15)33(30,31)27-19-6-1-2-11-24-19/h1-13H,14H2,(H,24,27)(H,26,28). The van der Waals surface area contributed by atoms with Gasteiger partial charge in [0.05, 0.1) is 16.0 Å². The van der Waals surface area contributed by atoms with Crippen LogP contribution < -0.4 is 10.0 Å². The molecule has 2 N–H and O–H groups in total. The summed E-state index contributed by atoms with van der Waals surface area (Å²) in [6.45, 7) is -0.531. The lowest BCUT2D eigenvalue weighted by atomic mass is 10.2. The summed E-state index contributed by atoms with van der Waals surface area (Å²) in [6.07, 6.45) is 4.44. The first kappa shape index (κ1) is 21.8. The molecule has 0 atom stereocenters. The molecule has 2 aromatic carbocycles. The summed E-state index contributed by atoms with van der Waals surface area (Å²) in [4.78, 5) is 36.7. The van der Waals surface area contributed by atoms with Gasteiger partial charge in [0.25, 0.3) is 15.9 Å². The van der Waals surface area contributed by atoms with Crippen molar-refractivity contribution < 1.29 is 22.7 Å². The van der Waals surface area contributed by atoms with Crippen molar-refractivity contribution in [3.8, 4) is 0 Å². The van der Waals surface area contributed by atoms with E-state index in [9.17, 15) is 18.0 Å². The highest BCUT2D eigenvalue weighted by molar-refractivity contribution is 7.92. The minimum absolute atomic E-state index is 0.00496. The smallest absolute Gasteiger partial charge is 0.340 e. The highest BCUT2D eigenvalue weighted by atomic mass is 32.2. The van der Waals surface area contributed by atoms with E-state index in [1.807, 2.05) is 0 Å². The van der Waals surface area contributed by atoms with E-state index in [0.29, 0.717) is 16.7 Å². The number of amides is 1. The number of anilines is 2. The van der Waals surface area contributed by atoms with Crippen LogP contribution in [0.3, 0.4) is 0 Å². The lowest BCUT2D eigenvalue weighted by molar-refractivity contribution is -0.119. The molecular weight excluding hydrogens is 446 g/mol. The van der Waals surface area contributed by atoms with Crippen LogP contribution in [0.25, 0.3) is 11.0 Å². The van der Waals surface area contributed by atoms with Crippen LogP contribution in [0.1, 0.15) is 10.4 Å². The van der Waals surface area contributed by atoms with Gasteiger partial charge in [-0.15, -0.1) is 0 Å². The van der Waals surface area contributed by atoms with Crippen LogP contribution in [0.5, 0.6) is 0 Å². The number of hydrogen-bond acceptors (Lipinski definition) is 8. The van der Waals surface area contributed by atoms with E-state index >= 15 is 0 Å². The van der Waals surface area contributed by atoms with Crippen molar-refractivity contribution in [3.05, 3.63) is 84.8 Å². The molecule has 0 saturated heterocycles. The zero-order valence-electron chi connectivity index (χ0n) is 17.0. The van der Waals surface area contributed by atoms with E-state index in [1.165, 1.54) is 55.0 Å². The molecule has 11 heteroatoms. The van der Waals surface area contributed by atoms with Crippen LogP contribution in [-0.4, -0.2) is 41.9 Å². The SMILES string of the molecule is O=C(COC(=O)c1cccc2nccnc12)Nc1ccc(S(=O)(=O)Nc2ccccn2)cc1. The zero-order chi connectivity index (χ0) is 23.3. The van der Waals surface area contributed by atoms with Crippen LogP contribution in [0.15, 0.2) is 84.1 Å². The summed E-state index contributed by atoms with van der Waals surface area (Å²) >= 11 is 0. The maximum absolute atomic E-state index is 12.4. The van der Waals surface area contributed by atoms with Crippen molar-refractivity contribution in [2.45, 2.75) is 4.90 Å². The minimum atomic E-state index is -3.83. The number of rotatable bonds is 7. The third-order valence-electron chi connectivity index (χ3n) is 4.41. The first-order valence-electron chi connectivity index (χ1n) is 9.63. The second kappa shape index (κ2) is 9.40. The number of ether oxygens (including phenoxy) is 1. The number of para-hydroxylation sites is 1. The number of carbonyl (C=O) groups is 2. The second-order valence-electron chi connectivity index (χ2n) is 6.70. The van der Waals surface area contributed by atoms with Gasteiger partial charge >= 0.3 is 5.97 Å². The van der Waals surface area contributed by atoms with Crippen molar-refractivity contribution >= 4 is 44.4 Å². The first-order valence-corrected chi connectivity index (χ1v) is 11.1. The number of fused-ring (bicyclic) bond motifs is 1. The van der Waals surface area contributed by atoms with Gasteiger partial charge in [0.15, 0.2) is 6.61 Å². The number of nitrogens with zero attached hydrogens (tertiary/aromatic N) is 3. The van der Waals surface area contributed by atoms with Crippen LogP contribution >= 0.6 is 0 Å². The average Bonchev–Trinajstić information content (AvgIpc) is 2.83. The van der Waals surface area contributed by atoms with Gasteiger partial charge in [0.1, 0.15) is 11.3 Å². The molecule has 0 aliphatic rings. The summed E-state index contributed by atoms with van der Waals surface area (Å²) in [5, 5.41) is 2.54. The Labute approximate surface area is 188 Å². The fourth-order valence-corrected chi connectivity index (χ4v) is 3.91. The van der Waals surface area contributed by atoms with Crippen molar-refractivity contribution in [2.75, 3.05) is 16.6 Å². The molecule has 4 aromatic rings. The second-order valence-corrected chi connectivity index (χ2v) is 8.38. The van der Waals surface area contributed by atoms with E-state index in [1.54, 1.807) is 24.3 Å². The van der Waals surface area contributed by atoms with Crippen molar-refractivity contribution in [3.63, 3.8) is 0 Å². The third kappa shape index (κ3) is 5.28. The summed E-state index contributed by atoms with van der Waals surface area (Å²) < 4.78 is 32.3. The number of aromatic nitrogens is 3. The Hall–Kier alpha value is -4.38. The highest BCUT2D eigenvalue weighted by Crippen LogP contribution is 2.18. The Bertz CT molecular complexity index is 1410. The van der Waals surface area contributed by atoms with E-state index < -0.39 is 28.5 Å². The van der Waals surface area contributed by atoms with Crippen molar-refractivity contribution in [1.82, 2.24) is 15.0 Å². The molecule has 0 bridgehead atoms. The third-order valence-corrected chi connectivity index (χ3v) is 5.78. The van der Waals surface area contributed by atoms with Gasteiger partial charge in [0.2, 0.25) is 0 Å². The predicted molar refractivity (Wildman–Crippen MR) is 120 cm³/mol. The molecule has 0 unspecified atom stereocenters. The molecular formula is C22H17N5O5S. The number of hydrogen-bond donors (Lipinski definition) is 2. The topological polar surface area (TPSA) is 140 Å². The Morgan fingerprint density at radius 2 is 1.64 bits per heavy atom. The lowest BCUT2D eigenvalue weighted by Gasteiger charge is -2.09. The van der Waals surface area contributed by atoms with Crippen LogP contribution in [0.2, 0.25) is 0 Å². The quantitative estimate of drug-likeness (QED) is 0.399. The molecule has 4 rings (SSSR count). The molecule has 0 radical (unpaired) electrons. The fraction of sp³-hybridized carbons (Fsp3) is 0.0455. The van der Waals surface area contributed by atoms with Gasteiger partial charge in [-0.3, -0.25) is 19.5 Å². The molecule has 0 fully saturated rings. The van der Waals surface area contributed by atoms with Gasteiger partial charge in [-0.1, -0.05) is 12.1 Å². The molecule has 0 aliphatic carbocycles. The van der Waals surface area contributed by atoms with Gasteiger partial charge in [-0.25, -0.2) is 18.2 Å². The van der Waals surface area contributed by atoms with Crippen LogP contribution in [-0.2, 0) is 19.6 Å². The molecule has 33 heavy (non-hydrogen) atoms. The maximum Gasteiger partial charge on any atom is 0.340 e. The van der Waals surface area contributed by atoms with E-state index in [2.05, 4.69) is 25.0 Å². The number of sulfonamides is 1. The number of nitrogens with one attached hydrogen (secondary N) is 2. The summed E-state index contributed by atoms with van der Waals surface area (Å²) in [5.41, 5.74) is 1.44. The van der Waals surface area contributed by atoms with E-state index in [0.717, 1.165) is 0 Å². The Morgan fingerprint density at radius 3 is 2.39 bits per heavy atom. The van der Waals surface area contributed by atoms with Crippen LogP contribution in [0, 0.1) is 0 Å². The lowest BCUT2D eigenvalue weighted by Crippen LogP contribution is -2.21. The highest BCUT2D eigenvalue weighted by Gasteiger charge is 2.16. The Morgan fingerprint density at radius 1 is 0.848 bits per heavy atom.